The molecule has 1 aromatic carbocycles. The lowest BCUT2D eigenvalue weighted by Crippen LogP contribution is -2.35. The van der Waals surface area contributed by atoms with E-state index in [0.717, 1.165) is 29.8 Å². The maximum atomic E-state index is 5.74. The number of nitrogens with two attached hydrogens (primary N) is 1. The van der Waals surface area contributed by atoms with E-state index in [-0.39, 0.29) is 0 Å². The monoisotopic (exact) mass is 347 g/mol. The number of anilines is 1. The van der Waals surface area contributed by atoms with E-state index < -0.39 is 0 Å². The van der Waals surface area contributed by atoms with Gasteiger partial charge in [-0.25, -0.2) is 4.98 Å². The highest BCUT2D eigenvalue weighted by Gasteiger charge is 2.24. The van der Waals surface area contributed by atoms with Crippen molar-refractivity contribution in [3.8, 4) is 0 Å². The van der Waals surface area contributed by atoms with Gasteiger partial charge in [0.1, 0.15) is 5.82 Å². The summed E-state index contributed by atoms with van der Waals surface area (Å²) in [4.78, 5) is 7.20. The molecule has 2 aromatic rings. The zero-order chi connectivity index (χ0) is 14.7. The average molecular weight is 348 g/mol. The van der Waals surface area contributed by atoms with Crippen molar-refractivity contribution in [2.24, 2.45) is 5.73 Å². The Bertz CT molecular complexity index is 608. The molecule has 2 N–H and O–H groups in total. The summed E-state index contributed by atoms with van der Waals surface area (Å²) in [7, 11) is 0. The Morgan fingerprint density at radius 2 is 2.00 bits per heavy atom. The molecule has 3 rings (SSSR count). The van der Waals surface area contributed by atoms with E-state index in [1.165, 1.54) is 36.5 Å². The second kappa shape index (κ2) is 6.75. The van der Waals surface area contributed by atoms with Crippen molar-refractivity contribution in [3.05, 3.63) is 34.9 Å². The van der Waals surface area contributed by atoms with Crippen LogP contribution in [0.1, 0.15) is 32.1 Å². The average Bonchev–Trinajstić information content (AvgIpc) is 3.03. The molecule has 0 unspecified atom stereocenters. The largest absolute Gasteiger partial charge is 0.353 e. The molecule has 21 heavy (non-hydrogen) atoms. The Balaban J connectivity index is 2.03. The quantitative estimate of drug-likeness (QED) is 0.885. The second-order valence-corrected chi connectivity index (χ2v) is 6.60. The summed E-state index contributed by atoms with van der Waals surface area (Å²) in [6.45, 7) is 1.73. The second-order valence-electron chi connectivity index (χ2n) is 5.74. The molecule has 1 aliphatic rings. The lowest BCUT2D eigenvalue weighted by molar-refractivity contribution is 0.589. The zero-order valence-corrected chi connectivity index (χ0v) is 13.8. The number of fused-ring (bicyclic) bond motifs is 1. The number of hydrogen-bond acceptors (Lipinski definition) is 3. The van der Waals surface area contributed by atoms with Crippen LogP contribution in [0.2, 0.25) is 0 Å². The lowest BCUT2D eigenvalue weighted by Gasteiger charge is -2.31. The minimum Gasteiger partial charge on any atom is -0.353 e. The maximum Gasteiger partial charge on any atom is 0.136 e. The highest BCUT2D eigenvalue weighted by atomic mass is 79.9. The molecule has 0 bridgehead atoms. The van der Waals surface area contributed by atoms with Crippen molar-refractivity contribution in [3.63, 3.8) is 0 Å². The molecular formula is C17H22BrN3. The fourth-order valence-electron chi connectivity index (χ4n) is 3.32. The van der Waals surface area contributed by atoms with E-state index >= 15 is 0 Å². The van der Waals surface area contributed by atoms with Gasteiger partial charge in [0.15, 0.2) is 0 Å². The van der Waals surface area contributed by atoms with E-state index in [0.29, 0.717) is 6.04 Å². The number of rotatable bonds is 5. The number of halogens is 1. The third kappa shape index (κ3) is 3.06. The molecule has 3 nitrogen and oxygen atoms in total. The Hall–Kier alpha value is -1.13. The topological polar surface area (TPSA) is 42.1 Å². The summed E-state index contributed by atoms with van der Waals surface area (Å²) in [5.41, 5.74) is 5.74. The summed E-state index contributed by atoms with van der Waals surface area (Å²) in [6.07, 6.45) is 8.15. The Labute approximate surface area is 134 Å². The van der Waals surface area contributed by atoms with Gasteiger partial charge in [-0.2, -0.15) is 0 Å². The summed E-state index contributed by atoms with van der Waals surface area (Å²) in [6, 6.07) is 9.05. The van der Waals surface area contributed by atoms with Crippen LogP contribution in [0, 0.1) is 0 Å². The first-order valence-corrected chi connectivity index (χ1v) is 8.60. The van der Waals surface area contributed by atoms with Crippen LogP contribution in [0.4, 0.5) is 5.82 Å². The van der Waals surface area contributed by atoms with E-state index in [4.69, 9.17) is 10.7 Å². The normalized spacial score (nSPS) is 15.7. The Kier molecular flexibility index (Phi) is 4.76. The van der Waals surface area contributed by atoms with Crippen molar-refractivity contribution in [2.75, 3.05) is 18.0 Å². The van der Waals surface area contributed by atoms with Gasteiger partial charge < -0.3 is 10.6 Å². The van der Waals surface area contributed by atoms with Gasteiger partial charge in [-0.05, 0) is 37.9 Å². The van der Waals surface area contributed by atoms with Crippen LogP contribution in [-0.4, -0.2) is 24.1 Å². The van der Waals surface area contributed by atoms with E-state index in [1.807, 2.05) is 6.20 Å². The fraction of sp³-hybridized carbons (Fsp3) is 0.471. The first kappa shape index (κ1) is 14.8. The number of benzene rings is 1. The molecule has 1 heterocycles. The predicted octanol–water partition coefficient (Wildman–Crippen LogP) is 4.10. The third-order valence-electron chi connectivity index (χ3n) is 4.37. The van der Waals surface area contributed by atoms with Crippen molar-refractivity contribution in [1.29, 1.82) is 0 Å². The first-order chi connectivity index (χ1) is 10.3. The molecule has 112 valence electrons. The molecule has 1 aromatic heterocycles. The minimum absolute atomic E-state index is 0.619. The van der Waals surface area contributed by atoms with Crippen molar-refractivity contribution >= 4 is 32.5 Å². The highest BCUT2D eigenvalue weighted by Crippen LogP contribution is 2.34. The SMILES string of the molecule is NCCCN(c1nccc2c(Br)cccc12)C1CCCC1. The summed E-state index contributed by atoms with van der Waals surface area (Å²) in [5, 5.41) is 2.47. The number of nitrogens with zero attached hydrogens (tertiary/aromatic N) is 2. The van der Waals surface area contributed by atoms with Crippen molar-refractivity contribution in [1.82, 2.24) is 4.98 Å². The zero-order valence-electron chi connectivity index (χ0n) is 12.3. The molecule has 0 aliphatic heterocycles. The molecule has 1 fully saturated rings. The van der Waals surface area contributed by atoms with Gasteiger partial charge in [0, 0.05) is 34.0 Å². The van der Waals surface area contributed by atoms with E-state index in [1.54, 1.807) is 0 Å². The van der Waals surface area contributed by atoms with Gasteiger partial charge in [0.25, 0.3) is 0 Å². The van der Waals surface area contributed by atoms with Crippen LogP contribution in [0.5, 0.6) is 0 Å². The summed E-state index contributed by atoms with van der Waals surface area (Å²) < 4.78 is 1.13. The molecule has 1 aliphatic carbocycles. The highest BCUT2D eigenvalue weighted by molar-refractivity contribution is 9.10. The van der Waals surface area contributed by atoms with Crippen LogP contribution in [0.25, 0.3) is 10.8 Å². The van der Waals surface area contributed by atoms with Gasteiger partial charge in [-0.1, -0.05) is 40.9 Å². The van der Waals surface area contributed by atoms with Crippen LogP contribution in [0.3, 0.4) is 0 Å². The van der Waals surface area contributed by atoms with E-state index in [9.17, 15) is 0 Å². The fourth-order valence-corrected chi connectivity index (χ4v) is 3.82. The Morgan fingerprint density at radius 3 is 2.76 bits per heavy atom. The van der Waals surface area contributed by atoms with Crippen molar-refractivity contribution in [2.45, 2.75) is 38.1 Å². The number of pyridine rings is 1. The van der Waals surface area contributed by atoms with E-state index in [2.05, 4.69) is 45.1 Å². The molecule has 0 spiro atoms. The van der Waals surface area contributed by atoms with Crippen LogP contribution in [0.15, 0.2) is 34.9 Å². The number of aromatic nitrogens is 1. The van der Waals surface area contributed by atoms with Crippen LogP contribution in [-0.2, 0) is 0 Å². The van der Waals surface area contributed by atoms with Crippen LogP contribution < -0.4 is 10.6 Å². The Morgan fingerprint density at radius 1 is 1.19 bits per heavy atom. The first-order valence-electron chi connectivity index (χ1n) is 7.81. The molecule has 4 heteroatoms. The molecule has 0 saturated heterocycles. The molecule has 0 atom stereocenters. The predicted molar refractivity (Wildman–Crippen MR) is 92.7 cm³/mol. The van der Waals surface area contributed by atoms with Gasteiger partial charge in [-0.3, -0.25) is 0 Å². The lowest BCUT2D eigenvalue weighted by atomic mass is 10.1. The summed E-state index contributed by atoms with van der Waals surface area (Å²) in [5.74, 6) is 1.12. The van der Waals surface area contributed by atoms with Crippen molar-refractivity contribution < 1.29 is 0 Å². The molecule has 0 amide bonds. The van der Waals surface area contributed by atoms with Gasteiger partial charge >= 0.3 is 0 Å². The minimum atomic E-state index is 0.619. The smallest absolute Gasteiger partial charge is 0.136 e. The van der Waals surface area contributed by atoms with Crippen LogP contribution >= 0.6 is 15.9 Å². The summed E-state index contributed by atoms with van der Waals surface area (Å²) >= 11 is 3.65. The van der Waals surface area contributed by atoms with Gasteiger partial charge in [-0.15, -0.1) is 0 Å². The molecule has 1 saturated carbocycles. The molecule has 0 radical (unpaired) electrons. The standard InChI is InChI=1S/C17H22BrN3/c18-16-8-3-7-15-14(16)9-11-20-17(15)21(12-4-10-19)13-5-1-2-6-13/h3,7-9,11,13H,1-2,4-6,10,12,19H2. The maximum absolute atomic E-state index is 5.74. The van der Waals surface area contributed by atoms with Gasteiger partial charge in [0.05, 0.1) is 0 Å². The number of hydrogen-bond donors (Lipinski definition) is 1. The third-order valence-corrected chi connectivity index (χ3v) is 5.06. The molecular weight excluding hydrogens is 326 g/mol. The van der Waals surface area contributed by atoms with Gasteiger partial charge in [0.2, 0.25) is 0 Å².